The Bertz CT molecular complexity index is 1150. The van der Waals surface area contributed by atoms with E-state index in [0.717, 1.165) is 0 Å². The Kier molecular flexibility index (Phi) is 7.52. The van der Waals surface area contributed by atoms with Crippen LogP contribution in [-0.2, 0) is 33.1 Å². The summed E-state index contributed by atoms with van der Waals surface area (Å²) >= 11 is 12.6. The Labute approximate surface area is 200 Å². The van der Waals surface area contributed by atoms with Crippen molar-refractivity contribution in [1.82, 2.24) is 0 Å². The van der Waals surface area contributed by atoms with Crippen LogP contribution in [0.1, 0.15) is 52.7 Å². The predicted octanol–water partition coefficient (Wildman–Crippen LogP) is 6.33. The van der Waals surface area contributed by atoms with Crippen molar-refractivity contribution in [3.05, 3.63) is 45.4 Å². The van der Waals surface area contributed by atoms with Crippen LogP contribution in [0.4, 0.5) is 0 Å². The normalized spacial score (nSPS) is 13.4. The number of halogens is 2. The molecule has 0 aliphatic heterocycles. The van der Waals surface area contributed by atoms with Gasteiger partial charge >= 0.3 is 0 Å². The number of hydrogen-bond donors (Lipinski definition) is 2. The molecule has 0 fully saturated rings. The SMILES string of the molecule is CC(C)(C)Cc1c(Cl)ccc(-c2ccc(Cl)c(CC(C)(C)C)c2S(=O)(=O)O)c1S(=O)(=O)O. The van der Waals surface area contributed by atoms with Gasteiger partial charge in [0.1, 0.15) is 9.79 Å². The average molecular weight is 524 g/mol. The van der Waals surface area contributed by atoms with E-state index in [2.05, 4.69) is 0 Å². The molecule has 0 aliphatic carbocycles. The third kappa shape index (κ3) is 6.46. The summed E-state index contributed by atoms with van der Waals surface area (Å²) in [4.78, 5) is -0.984. The molecule has 0 heterocycles. The number of rotatable bonds is 5. The van der Waals surface area contributed by atoms with E-state index in [1.165, 1.54) is 24.3 Å². The van der Waals surface area contributed by atoms with Crippen molar-refractivity contribution in [1.29, 1.82) is 0 Å². The van der Waals surface area contributed by atoms with Crippen molar-refractivity contribution < 1.29 is 25.9 Å². The Morgan fingerprint density at radius 2 is 0.938 bits per heavy atom. The molecule has 32 heavy (non-hydrogen) atoms. The summed E-state index contributed by atoms with van der Waals surface area (Å²) in [5.41, 5.74) is -0.651. The van der Waals surface area contributed by atoms with E-state index in [1.807, 2.05) is 41.5 Å². The summed E-state index contributed by atoms with van der Waals surface area (Å²) in [5, 5.41) is 0.238. The standard InChI is InChI=1S/C22H28Cl2O6S2/c1-21(2,3)11-15-17(23)9-7-13(19(15)31(25,26)27)14-8-10-18(24)16(12-22(4,5)6)20(14)32(28,29)30/h7-10H,11-12H2,1-6H3,(H,25,26,27)(H,28,29,30). The second kappa shape index (κ2) is 8.89. The maximum absolute atomic E-state index is 12.5. The van der Waals surface area contributed by atoms with Crippen LogP contribution in [0.5, 0.6) is 0 Å². The Hall–Kier alpha value is -1.16. The molecule has 0 saturated carbocycles. The summed E-state index contributed by atoms with van der Waals surface area (Å²) < 4.78 is 70.2. The molecule has 178 valence electrons. The van der Waals surface area contributed by atoms with Crippen LogP contribution < -0.4 is 0 Å². The quantitative estimate of drug-likeness (QED) is 0.443. The summed E-state index contributed by atoms with van der Waals surface area (Å²) in [7, 11) is -9.64. The highest BCUT2D eigenvalue weighted by Gasteiger charge is 2.32. The van der Waals surface area contributed by atoms with Crippen molar-refractivity contribution in [2.45, 2.75) is 64.2 Å². The zero-order chi connectivity index (χ0) is 24.9. The van der Waals surface area contributed by atoms with E-state index in [-0.39, 0.29) is 45.1 Å². The first kappa shape index (κ1) is 27.1. The molecule has 0 bridgehead atoms. The van der Waals surface area contributed by atoms with E-state index < -0.39 is 40.9 Å². The first-order valence-corrected chi connectivity index (χ1v) is 13.4. The minimum atomic E-state index is -4.82. The molecule has 0 aromatic heterocycles. The third-order valence-electron chi connectivity index (χ3n) is 4.63. The Morgan fingerprint density at radius 1 is 0.656 bits per heavy atom. The van der Waals surface area contributed by atoms with E-state index in [4.69, 9.17) is 23.2 Å². The lowest BCUT2D eigenvalue weighted by Gasteiger charge is -2.24. The zero-order valence-electron chi connectivity index (χ0n) is 18.8. The van der Waals surface area contributed by atoms with Gasteiger partial charge in [0, 0.05) is 21.2 Å². The van der Waals surface area contributed by atoms with Crippen molar-refractivity contribution in [2.24, 2.45) is 10.8 Å². The molecule has 2 aromatic carbocycles. The molecule has 0 atom stereocenters. The zero-order valence-corrected chi connectivity index (χ0v) is 22.0. The minimum Gasteiger partial charge on any atom is -0.282 e. The highest BCUT2D eigenvalue weighted by molar-refractivity contribution is 7.86. The van der Waals surface area contributed by atoms with Gasteiger partial charge in [-0.25, -0.2) is 0 Å². The van der Waals surface area contributed by atoms with E-state index in [9.17, 15) is 25.9 Å². The van der Waals surface area contributed by atoms with Gasteiger partial charge in [-0.2, -0.15) is 16.8 Å². The van der Waals surface area contributed by atoms with Crippen LogP contribution in [-0.4, -0.2) is 25.9 Å². The second-order valence-corrected chi connectivity index (χ2v) is 13.8. The highest BCUT2D eigenvalue weighted by atomic mass is 35.5. The Morgan fingerprint density at radius 3 is 1.16 bits per heavy atom. The molecular formula is C22H28Cl2O6S2. The molecule has 2 rings (SSSR count). The molecule has 0 spiro atoms. The first-order chi connectivity index (χ1) is 14.2. The van der Waals surface area contributed by atoms with E-state index >= 15 is 0 Å². The van der Waals surface area contributed by atoms with Gasteiger partial charge < -0.3 is 0 Å². The predicted molar refractivity (Wildman–Crippen MR) is 128 cm³/mol. The van der Waals surface area contributed by atoms with Gasteiger partial charge in [-0.05, 0) is 46.9 Å². The summed E-state index contributed by atoms with van der Waals surface area (Å²) in [5.74, 6) is 0. The van der Waals surface area contributed by atoms with Gasteiger partial charge in [0.15, 0.2) is 0 Å². The lowest BCUT2D eigenvalue weighted by Crippen LogP contribution is -2.17. The topological polar surface area (TPSA) is 109 Å². The van der Waals surface area contributed by atoms with Gasteiger partial charge in [0.05, 0.1) is 0 Å². The molecule has 6 nitrogen and oxygen atoms in total. The van der Waals surface area contributed by atoms with Gasteiger partial charge in [0.25, 0.3) is 20.2 Å². The van der Waals surface area contributed by atoms with Crippen LogP contribution in [0, 0.1) is 10.8 Å². The summed E-state index contributed by atoms with van der Waals surface area (Å²) in [6.45, 7) is 11.2. The molecular weight excluding hydrogens is 495 g/mol. The second-order valence-electron chi connectivity index (χ2n) is 10.2. The van der Waals surface area contributed by atoms with Gasteiger partial charge in [0.2, 0.25) is 0 Å². The van der Waals surface area contributed by atoms with Crippen molar-refractivity contribution in [2.75, 3.05) is 0 Å². The number of hydrogen-bond acceptors (Lipinski definition) is 4. The van der Waals surface area contributed by atoms with Crippen LogP contribution in [0.15, 0.2) is 34.1 Å². The van der Waals surface area contributed by atoms with E-state index in [1.54, 1.807) is 0 Å². The smallest absolute Gasteiger partial charge is 0.282 e. The van der Waals surface area contributed by atoms with Gasteiger partial charge in [-0.15, -0.1) is 0 Å². The van der Waals surface area contributed by atoms with Crippen LogP contribution in [0.2, 0.25) is 10.0 Å². The summed E-state index contributed by atoms with van der Waals surface area (Å²) in [6.07, 6.45) is 0.386. The van der Waals surface area contributed by atoms with Crippen molar-refractivity contribution >= 4 is 43.4 Å². The highest BCUT2D eigenvalue weighted by Crippen LogP contribution is 2.43. The third-order valence-corrected chi connectivity index (χ3v) is 7.30. The van der Waals surface area contributed by atoms with Crippen molar-refractivity contribution in [3.63, 3.8) is 0 Å². The maximum Gasteiger partial charge on any atom is 0.295 e. The van der Waals surface area contributed by atoms with Crippen LogP contribution in [0.25, 0.3) is 11.1 Å². The largest absolute Gasteiger partial charge is 0.295 e. The fourth-order valence-corrected chi connectivity index (χ4v) is 6.07. The van der Waals surface area contributed by atoms with Gasteiger partial charge in [-0.1, -0.05) is 76.9 Å². The molecule has 0 aliphatic rings. The molecule has 2 N–H and O–H groups in total. The number of benzene rings is 2. The molecule has 0 amide bonds. The van der Waals surface area contributed by atoms with Crippen molar-refractivity contribution in [3.8, 4) is 11.1 Å². The molecule has 2 aromatic rings. The van der Waals surface area contributed by atoms with Crippen LogP contribution in [0.3, 0.4) is 0 Å². The molecule has 0 unspecified atom stereocenters. The average Bonchev–Trinajstić information content (AvgIpc) is 2.53. The van der Waals surface area contributed by atoms with Crippen LogP contribution >= 0.6 is 23.2 Å². The molecule has 0 radical (unpaired) electrons. The lowest BCUT2D eigenvalue weighted by molar-refractivity contribution is 0.405. The minimum absolute atomic E-state index is 0.0874. The monoisotopic (exact) mass is 522 g/mol. The maximum atomic E-state index is 12.5. The fourth-order valence-electron chi connectivity index (χ4n) is 3.61. The fraction of sp³-hybridized carbons (Fsp3) is 0.455. The molecule has 0 saturated heterocycles. The molecule has 10 heteroatoms. The Balaban J connectivity index is 3.08. The lowest BCUT2D eigenvalue weighted by atomic mass is 9.85. The van der Waals surface area contributed by atoms with E-state index in [0.29, 0.717) is 0 Å². The summed E-state index contributed by atoms with van der Waals surface area (Å²) in [6, 6.07) is 5.52. The van der Waals surface area contributed by atoms with Gasteiger partial charge in [-0.3, -0.25) is 9.11 Å². The first-order valence-electron chi connectivity index (χ1n) is 9.80.